The van der Waals surface area contributed by atoms with Crippen molar-refractivity contribution >= 4 is 12.0 Å². The molecule has 2 rings (SSSR count). The van der Waals surface area contributed by atoms with Crippen LogP contribution in [-0.4, -0.2) is 43.9 Å². The molecule has 0 aromatic heterocycles. The SMILES string of the molecule is CCCN1CCN(c2cc(F)cc(C=O)c2)CC1. The number of nitrogens with zero attached hydrogens (tertiary/aromatic N) is 2. The molecule has 0 spiro atoms. The Balaban J connectivity index is 2.05. The second-order valence-corrected chi connectivity index (χ2v) is 4.69. The maximum Gasteiger partial charge on any atom is 0.150 e. The maximum atomic E-state index is 13.4. The third-order valence-electron chi connectivity index (χ3n) is 3.32. The summed E-state index contributed by atoms with van der Waals surface area (Å²) >= 11 is 0. The molecule has 0 aliphatic carbocycles. The van der Waals surface area contributed by atoms with Gasteiger partial charge < -0.3 is 4.90 Å². The lowest BCUT2D eigenvalue weighted by Gasteiger charge is -2.36. The molecule has 0 N–H and O–H groups in total. The Morgan fingerprint density at radius 3 is 2.56 bits per heavy atom. The molecule has 98 valence electrons. The predicted octanol–water partition coefficient (Wildman–Crippen LogP) is 2.17. The van der Waals surface area contributed by atoms with E-state index in [0.29, 0.717) is 11.8 Å². The zero-order valence-corrected chi connectivity index (χ0v) is 10.7. The molecule has 1 fully saturated rings. The zero-order valence-electron chi connectivity index (χ0n) is 10.7. The molecule has 0 bridgehead atoms. The second kappa shape index (κ2) is 5.96. The van der Waals surface area contributed by atoms with Gasteiger partial charge in [-0.2, -0.15) is 0 Å². The normalized spacial score (nSPS) is 16.9. The van der Waals surface area contributed by atoms with Crippen LogP contribution < -0.4 is 4.90 Å². The summed E-state index contributed by atoms with van der Waals surface area (Å²) in [6.07, 6.45) is 1.86. The van der Waals surface area contributed by atoms with Gasteiger partial charge in [-0.25, -0.2) is 4.39 Å². The number of rotatable bonds is 4. The van der Waals surface area contributed by atoms with Crippen LogP contribution in [0.25, 0.3) is 0 Å². The van der Waals surface area contributed by atoms with Gasteiger partial charge in [-0.05, 0) is 31.2 Å². The van der Waals surface area contributed by atoms with E-state index in [2.05, 4.69) is 16.7 Å². The molecule has 18 heavy (non-hydrogen) atoms. The van der Waals surface area contributed by atoms with Crippen molar-refractivity contribution in [1.82, 2.24) is 4.90 Å². The lowest BCUT2D eigenvalue weighted by atomic mass is 10.1. The van der Waals surface area contributed by atoms with E-state index >= 15 is 0 Å². The van der Waals surface area contributed by atoms with Crippen molar-refractivity contribution in [2.75, 3.05) is 37.6 Å². The molecule has 0 amide bonds. The van der Waals surface area contributed by atoms with Gasteiger partial charge in [0.25, 0.3) is 0 Å². The van der Waals surface area contributed by atoms with Gasteiger partial charge in [0.1, 0.15) is 12.1 Å². The quantitative estimate of drug-likeness (QED) is 0.765. The number of carbonyl (C=O) groups is 1. The molecule has 0 saturated carbocycles. The van der Waals surface area contributed by atoms with Crippen LogP contribution in [0.15, 0.2) is 18.2 Å². The molecule has 1 heterocycles. The van der Waals surface area contributed by atoms with E-state index in [-0.39, 0.29) is 5.82 Å². The molecule has 1 aliphatic heterocycles. The van der Waals surface area contributed by atoms with Crippen molar-refractivity contribution in [3.8, 4) is 0 Å². The molecule has 0 atom stereocenters. The number of piperazine rings is 1. The maximum absolute atomic E-state index is 13.4. The van der Waals surface area contributed by atoms with Crippen molar-refractivity contribution in [1.29, 1.82) is 0 Å². The van der Waals surface area contributed by atoms with Crippen molar-refractivity contribution in [3.63, 3.8) is 0 Å². The topological polar surface area (TPSA) is 23.6 Å². The summed E-state index contributed by atoms with van der Waals surface area (Å²) in [4.78, 5) is 15.3. The predicted molar refractivity (Wildman–Crippen MR) is 70.7 cm³/mol. The highest BCUT2D eigenvalue weighted by Gasteiger charge is 2.17. The lowest BCUT2D eigenvalue weighted by Crippen LogP contribution is -2.46. The van der Waals surface area contributed by atoms with Crippen molar-refractivity contribution < 1.29 is 9.18 Å². The van der Waals surface area contributed by atoms with Crippen LogP contribution in [0, 0.1) is 5.82 Å². The van der Waals surface area contributed by atoms with Gasteiger partial charge in [0, 0.05) is 37.4 Å². The van der Waals surface area contributed by atoms with Gasteiger partial charge in [0.15, 0.2) is 0 Å². The smallest absolute Gasteiger partial charge is 0.150 e. The summed E-state index contributed by atoms with van der Waals surface area (Å²) in [6.45, 7) is 7.08. The average molecular weight is 250 g/mol. The number of anilines is 1. The third kappa shape index (κ3) is 3.07. The van der Waals surface area contributed by atoms with Gasteiger partial charge in [-0.1, -0.05) is 6.92 Å². The van der Waals surface area contributed by atoms with Crippen LogP contribution in [0.3, 0.4) is 0 Å². The highest BCUT2D eigenvalue weighted by Crippen LogP contribution is 2.19. The minimum atomic E-state index is -0.342. The first-order chi connectivity index (χ1) is 8.72. The van der Waals surface area contributed by atoms with Crippen LogP contribution >= 0.6 is 0 Å². The van der Waals surface area contributed by atoms with E-state index in [9.17, 15) is 9.18 Å². The van der Waals surface area contributed by atoms with Crippen molar-refractivity contribution in [3.05, 3.63) is 29.6 Å². The van der Waals surface area contributed by atoms with Gasteiger partial charge in [0.2, 0.25) is 0 Å². The fraction of sp³-hybridized carbons (Fsp3) is 0.500. The Kier molecular flexibility index (Phi) is 4.31. The minimum Gasteiger partial charge on any atom is -0.369 e. The Hall–Kier alpha value is -1.42. The van der Waals surface area contributed by atoms with Gasteiger partial charge in [-0.15, -0.1) is 0 Å². The van der Waals surface area contributed by atoms with Gasteiger partial charge in [-0.3, -0.25) is 9.69 Å². The molecule has 4 heteroatoms. The van der Waals surface area contributed by atoms with E-state index in [0.717, 1.165) is 44.8 Å². The number of hydrogen-bond acceptors (Lipinski definition) is 3. The van der Waals surface area contributed by atoms with E-state index in [1.807, 2.05) is 0 Å². The minimum absolute atomic E-state index is 0.342. The molecule has 1 aromatic rings. The van der Waals surface area contributed by atoms with Crippen LogP contribution in [0.1, 0.15) is 23.7 Å². The highest BCUT2D eigenvalue weighted by atomic mass is 19.1. The zero-order chi connectivity index (χ0) is 13.0. The van der Waals surface area contributed by atoms with E-state index in [4.69, 9.17) is 0 Å². The monoisotopic (exact) mass is 250 g/mol. The summed E-state index contributed by atoms with van der Waals surface area (Å²) in [7, 11) is 0. The second-order valence-electron chi connectivity index (χ2n) is 4.69. The van der Waals surface area contributed by atoms with E-state index in [1.54, 1.807) is 6.07 Å². The summed E-state index contributed by atoms with van der Waals surface area (Å²) in [5, 5.41) is 0. The average Bonchev–Trinajstić information content (AvgIpc) is 2.39. The fourth-order valence-corrected chi connectivity index (χ4v) is 2.39. The van der Waals surface area contributed by atoms with Crippen LogP contribution in [0.5, 0.6) is 0 Å². The Labute approximate surface area is 107 Å². The number of aldehydes is 1. The largest absolute Gasteiger partial charge is 0.369 e. The Morgan fingerprint density at radius 1 is 1.22 bits per heavy atom. The van der Waals surface area contributed by atoms with E-state index < -0.39 is 0 Å². The number of hydrogen-bond donors (Lipinski definition) is 0. The highest BCUT2D eigenvalue weighted by molar-refractivity contribution is 5.77. The standard InChI is InChI=1S/C14H19FN2O/c1-2-3-16-4-6-17(7-5-16)14-9-12(11-18)8-13(15)10-14/h8-11H,2-7H2,1H3. The Morgan fingerprint density at radius 2 is 1.94 bits per heavy atom. The van der Waals surface area contributed by atoms with Crippen molar-refractivity contribution in [2.24, 2.45) is 0 Å². The molecular weight excluding hydrogens is 231 g/mol. The first kappa shape index (κ1) is 13.0. The van der Waals surface area contributed by atoms with Crippen molar-refractivity contribution in [2.45, 2.75) is 13.3 Å². The fourth-order valence-electron chi connectivity index (χ4n) is 2.39. The van der Waals surface area contributed by atoms with Crippen LogP contribution in [-0.2, 0) is 0 Å². The summed E-state index contributed by atoms with van der Waals surface area (Å²) < 4.78 is 13.4. The molecule has 1 aliphatic rings. The molecule has 1 saturated heterocycles. The summed E-state index contributed by atoms with van der Waals surface area (Å²) in [5.74, 6) is -0.342. The lowest BCUT2D eigenvalue weighted by molar-refractivity contribution is 0.112. The molecule has 3 nitrogen and oxygen atoms in total. The molecule has 0 unspecified atom stereocenters. The molecular formula is C14H19FN2O. The number of benzene rings is 1. The first-order valence-corrected chi connectivity index (χ1v) is 6.46. The van der Waals surface area contributed by atoms with Gasteiger partial charge in [0.05, 0.1) is 0 Å². The number of carbonyl (C=O) groups excluding carboxylic acids is 1. The van der Waals surface area contributed by atoms with Crippen LogP contribution in [0.2, 0.25) is 0 Å². The summed E-state index contributed by atoms with van der Waals surface area (Å²) in [5.41, 5.74) is 1.22. The van der Waals surface area contributed by atoms with Gasteiger partial charge >= 0.3 is 0 Å². The molecule has 0 radical (unpaired) electrons. The first-order valence-electron chi connectivity index (χ1n) is 6.46. The van der Waals surface area contributed by atoms with E-state index in [1.165, 1.54) is 12.1 Å². The molecule has 1 aromatic carbocycles. The summed E-state index contributed by atoms with van der Waals surface area (Å²) in [6, 6.07) is 4.53. The van der Waals surface area contributed by atoms with Crippen LogP contribution in [0.4, 0.5) is 10.1 Å². The number of halogens is 1. The third-order valence-corrected chi connectivity index (χ3v) is 3.32. The Bertz CT molecular complexity index is 414.